The van der Waals surface area contributed by atoms with Gasteiger partial charge in [-0.3, -0.25) is 0 Å². The molecule has 0 bridgehead atoms. The summed E-state index contributed by atoms with van der Waals surface area (Å²) in [5.41, 5.74) is 1.90. The van der Waals surface area contributed by atoms with Crippen molar-refractivity contribution in [3.05, 3.63) is 29.6 Å². The molecule has 3 heteroatoms. The molecular weight excluding hydrogens is 251 g/mol. The Kier molecular flexibility index (Phi) is 5.84. The topological polar surface area (TPSA) is 15.3 Å². The van der Waals surface area contributed by atoms with E-state index < -0.39 is 0 Å². The van der Waals surface area contributed by atoms with Gasteiger partial charge in [-0.2, -0.15) is 0 Å². The van der Waals surface area contributed by atoms with Crippen LogP contribution in [0.2, 0.25) is 0 Å². The molecule has 2 nitrogen and oxygen atoms in total. The first-order valence-electron chi connectivity index (χ1n) is 8.02. The van der Waals surface area contributed by atoms with Crippen LogP contribution in [-0.4, -0.2) is 19.1 Å². The van der Waals surface area contributed by atoms with Gasteiger partial charge in [-0.05, 0) is 37.9 Å². The van der Waals surface area contributed by atoms with Gasteiger partial charge in [0.25, 0.3) is 0 Å². The SMILES string of the molecule is CCNCc1cccc(F)c1N(CC)C1CCCCC1. The summed E-state index contributed by atoms with van der Waals surface area (Å²) in [6, 6.07) is 5.97. The summed E-state index contributed by atoms with van der Waals surface area (Å²) in [5.74, 6) is -0.0761. The molecule has 2 rings (SSSR count). The first-order valence-corrected chi connectivity index (χ1v) is 8.02. The molecule has 0 saturated heterocycles. The molecule has 0 heterocycles. The molecule has 0 atom stereocenters. The van der Waals surface area contributed by atoms with Crippen LogP contribution in [0.3, 0.4) is 0 Å². The van der Waals surface area contributed by atoms with Crippen LogP contribution in [0.4, 0.5) is 10.1 Å². The smallest absolute Gasteiger partial charge is 0.146 e. The summed E-state index contributed by atoms with van der Waals surface area (Å²) in [6.07, 6.45) is 6.28. The minimum absolute atomic E-state index is 0.0761. The van der Waals surface area contributed by atoms with E-state index in [1.165, 1.54) is 32.1 Å². The van der Waals surface area contributed by atoms with E-state index in [1.807, 2.05) is 12.1 Å². The summed E-state index contributed by atoms with van der Waals surface area (Å²) in [7, 11) is 0. The third-order valence-electron chi connectivity index (χ3n) is 4.28. The van der Waals surface area contributed by atoms with Crippen molar-refractivity contribution in [2.24, 2.45) is 0 Å². The quantitative estimate of drug-likeness (QED) is 0.843. The highest BCUT2D eigenvalue weighted by Gasteiger charge is 2.24. The second-order valence-electron chi connectivity index (χ2n) is 5.61. The maximum absolute atomic E-state index is 14.4. The minimum atomic E-state index is -0.0761. The van der Waals surface area contributed by atoms with E-state index in [0.717, 1.165) is 30.9 Å². The van der Waals surface area contributed by atoms with Gasteiger partial charge in [0.05, 0.1) is 5.69 Å². The van der Waals surface area contributed by atoms with Gasteiger partial charge in [0.2, 0.25) is 0 Å². The molecule has 112 valence electrons. The second-order valence-corrected chi connectivity index (χ2v) is 5.61. The number of hydrogen-bond acceptors (Lipinski definition) is 2. The predicted octanol–water partition coefficient (Wildman–Crippen LogP) is 4.09. The van der Waals surface area contributed by atoms with Gasteiger partial charge < -0.3 is 10.2 Å². The van der Waals surface area contributed by atoms with E-state index in [2.05, 4.69) is 24.1 Å². The Labute approximate surface area is 122 Å². The molecular formula is C17H27FN2. The van der Waals surface area contributed by atoms with Gasteiger partial charge >= 0.3 is 0 Å². The highest BCUT2D eigenvalue weighted by atomic mass is 19.1. The zero-order valence-corrected chi connectivity index (χ0v) is 12.8. The van der Waals surface area contributed by atoms with Crippen LogP contribution in [-0.2, 0) is 6.54 Å². The Balaban J connectivity index is 2.26. The Morgan fingerprint density at radius 3 is 2.60 bits per heavy atom. The number of hydrogen-bond donors (Lipinski definition) is 1. The second kappa shape index (κ2) is 7.63. The normalized spacial score (nSPS) is 16.4. The largest absolute Gasteiger partial charge is 0.366 e. The van der Waals surface area contributed by atoms with Gasteiger partial charge in [-0.15, -0.1) is 0 Å². The molecule has 0 radical (unpaired) electrons. The van der Waals surface area contributed by atoms with Gasteiger partial charge in [0.1, 0.15) is 5.82 Å². The summed E-state index contributed by atoms with van der Waals surface area (Å²) in [4.78, 5) is 2.29. The fourth-order valence-electron chi connectivity index (χ4n) is 3.28. The Morgan fingerprint density at radius 2 is 1.95 bits per heavy atom. The van der Waals surface area contributed by atoms with Gasteiger partial charge in [0.15, 0.2) is 0 Å². The van der Waals surface area contributed by atoms with Gasteiger partial charge in [0, 0.05) is 19.1 Å². The third-order valence-corrected chi connectivity index (χ3v) is 4.28. The molecule has 0 amide bonds. The molecule has 1 aliphatic rings. The van der Waals surface area contributed by atoms with E-state index in [-0.39, 0.29) is 5.82 Å². The molecule has 1 N–H and O–H groups in total. The fraction of sp³-hybridized carbons (Fsp3) is 0.647. The third kappa shape index (κ3) is 3.51. The number of rotatable bonds is 6. The fourth-order valence-corrected chi connectivity index (χ4v) is 3.28. The maximum Gasteiger partial charge on any atom is 0.146 e. The number of anilines is 1. The average molecular weight is 278 g/mol. The van der Waals surface area contributed by atoms with Gasteiger partial charge in [-0.25, -0.2) is 4.39 Å². The molecule has 0 unspecified atom stereocenters. The van der Waals surface area contributed by atoms with Crippen LogP contribution in [0.15, 0.2) is 18.2 Å². The van der Waals surface area contributed by atoms with Crippen LogP contribution >= 0.6 is 0 Å². The molecule has 0 spiro atoms. The standard InChI is InChI=1S/C17H27FN2/c1-3-19-13-14-9-8-12-16(18)17(14)20(4-2)15-10-6-5-7-11-15/h8-9,12,15,19H,3-7,10-11,13H2,1-2H3. The summed E-state index contributed by atoms with van der Waals surface area (Å²) in [5, 5.41) is 3.32. The number of nitrogens with zero attached hydrogens (tertiary/aromatic N) is 1. The summed E-state index contributed by atoms with van der Waals surface area (Å²) >= 11 is 0. The van der Waals surface area contributed by atoms with Crippen molar-refractivity contribution in [2.45, 2.75) is 58.5 Å². The highest BCUT2D eigenvalue weighted by Crippen LogP contribution is 2.31. The summed E-state index contributed by atoms with van der Waals surface area (Å²) < 4.78 is 14.4. The first-order chi connectivity index (χ1) is 9.77. The number of benzene rings is 1. The number of para-hydroxylation sites is 1. The monoisotopic (exact) mass is 278 g/mol. The molecule has 1 aromatic carbocycles. The number of halogens is 1. The zero-order valence-electron chi connectivity index (χ0n) is 12.8. The van der Waals surface area contributed by atoms with Crippen LogP contribution in [0.1, 0.15) is 51.5 Å². The van der Waals surface area contributed by atoms with Crippen molar-refractivity contribution in [1.29, 1.82) is 0 Å². The Bertz CT molecular complexity index is 413. The Morgan fingerprint density at radius 1 is 1.20 bits per heavy atom. The van der Waals surface area contributed by atoms with Crippen molar-refractivity contribution in [3.8, 4) is 0 Å². The van der Waals surface area contributed by atoms with Crippen LogP contribution in [0.25, 0.3) is 0 Å². The van der Waals surface area contributed by atoms with Crippen molar-refractivity contribution in [2.75, 3.05) is 18.0 Å². The highest BCUT2D eigenvalue weighted by molar-refractivity contribution is 5.55. The van der Waals surface area contributed by atoms with Crippen LogP contribution < -0.4 is 10.2 Å². The Hall–Kier alpha value is -1.09. The van der Waals surface area contributed by atoms with Crippen LogP contribution in [0, 0.1) is 5.82 Å². The van der Waals surface area contributed by atoms with E-state index in [4.69, 9.17) is 0 Å². The summed E-state index contributed by atoms with van der Waals surface area (Å²) in [6.45, 7) is 6.75. The van der Waals surface area contributed by atoms with Crippen molar-refractivity contribution >= 4 is 5.69 Å². The molecule has 1 aliphatic carbocycles. The molecule has 1 aromatic rings. The lowest BCUT2D eigenvalue weighted by atomic mass is 9.93. The lowest BCUT2D eigenvalue weighted by Crippen LogP contribution is -2.38. The van der Waals surface area contributed by atoms with E-state index in [0.29, 0.717) is 6.04 Å². The van der Waals surface area contributed by atoms with E-state index >= 15 is 0 Å². The van der Waals surface area contributed by atoms with E-state index in [1.54, 1.807) is 6.07 Å². The van der Waals surface area contributed by atoms with Crippen molar-refractivity contribution in [3.63, 3.8) is 0 Å². The van der Waals surface area contributed by atoms with Crippen LogP contribution in [0.5, 0.6) is 0 Å². The lowest BCUT2D eigenvalue weighted by molar-refractivity contribution is 0.413. The molecule has 0 aromatic heterocycles. The first kappa shape index (κ1) is 15.3. The maximum atomic E-state index is 14.4. The van der Waals surface area contributed by atoms with Gasteiger partial charge in [-0.1, -0.05) is 38.3 Å². The average Bonchev–Trinajstić information content (AvgIpc) is 2.49. The number of nitrogens with one attached hydrogen (secondary N) is 1. The molecule has 1 fully saturated rings. The predicted molar refractivity (Wildman–Crippen MR) is 83.7 cm³/mol. The van der Waals surface area contributed by atoms with Crippen molar-refractivity contribution in [1.82, 2.24) is 5.32 Å². The molecule has 1 saturated carbocycles. The molecule has 20 heavy (non-hydrogen) atoms. The van der Waals surface area contributed by atoms with E-state index in [9.17, 15) is 4.39 Å². The zero-order chi connectivity index (χ0) is 14.4. The minimum Gasteiger partial charge on any atom is -0.366 e. The van der Waals surface area contributed by atoms with Crippen molar-refractivity contribution < 1.29 is 4.39 Å². The lowest BCUT2D eigenvalue weighted by Gasteiger charge is -2.36. The molecule has 0 aliphatic heterocycles.